The van der Waals surface area contributed by atoms with Crippen LogP contribution in [0.4, 0.5) is 4.39 Å². The van der Waals surface area contributed by atoms with Crippen molar-refractivity contribution in [2.24, 2.45) is 4.99 Å². The first-order chi connectivity index (χ1) is 7.17. The summed E-state index contributed by atoms with van der Waals surface area (Å²) in [5, 5.41) is 2.97. The van der Waals surface area contributed by atoms with Crippen LogP contribution in [0.15, 0.2) is 29.3 Å². The number of rotatable bonds is 2. The molecule has 0 saturated carbocycles. The Balaban J connectivity index is 2.70. The van der Waals surface area contributed by atoms with Crippen LogP contribution in [0.1, 0.15) is 5.56 Å². The second-order valence-electron chi connectivity index (χ2n) is 3.28. The standard InChI is InChI=1S/C11H16FN3/c1-13-11(14-2)15(3)8-9-5-4-6-10(12)7-9/h4-7H,8H2,1-3H3,(H,13,14). The van der Waals surface area contributed by atoms with E-state index >= 15 is 0 Å². The van der Waals surface area contributed by atoms with Crippen LogP contribution in [-0.4, -0.2) is 32.0 Å². The fourth-order valence-electron chi connectivity index (χ4n) is 1.46. The molecule has 0 radical (unpaired) electrons. The third kappa shape index (κ3) is 3.23. The van der Waals surface area contributed by atoms with Crippen molar-refractivity contribution < 1.29 is 4.39 Å². The van der Waals surface area contributed by atoms with Gasteiger partial charge in [0.25, 0.3) is 0 Å². The van der Waals surface area contributed by atoms with E-state index in [1.165, 1.54) is 12.1 Å². The summed E-state index contributed by atoms with van der Waals surface area (Å²) in [5.41, 5.74) is 0.925. The lowest BCUT2D eigenvalue weighted by atomic mass is 10.2. The summed E-state index contributed by atoms with van der Waals surface area (Å²) < 4.78 is 12.9. The summed E-state index contributed by atoms with van der Waals surface area (Å²) in [5.74, 6) is 0.569. The molecule has 0 heterocycles. The third-order valence-corrected chi connectivity index (χ3v) is 2.11. The lowest BCUT2D eigenvalue weighted by molar-refractivity contribution is 0.481. The largest absolute Gasteiger partial charge is 0.359 e. The second-order valence-corrected chi connectivity index (χ2v) is 3.28. The van der Waals surface area contributed by atoms with Crippen LogP contribution in [-0.2, 0) is 6.54 Å². The Bertz CT molecular complexity index is 349. The van der Waals surface area contributed by atoms with E-state index in [9.17, 15) is 4.39 Å². The van der Waals surface area contributed by atoms with E-state index in [4.69, 9.17) is 0 Å². The van der Waals surface area contributed by atoms with Gasteiger partial charge in [-0.3, -0.25) is 4.99 Å². The van der Waals surface area contributed by atoms with E-state index < -0.39 is 0 Å². The van der Waals surface area contributed by atoms with Crippen molar-refractivity contribution in [3.8, 4) is 0 Å². The van der Waals surface area contributed by atoms with E-state index in [1.807, 2.05) is 25.1 Å². The Kier molecular flexibility index (Phi) is 4.09. The molecule has 0 aliphatic carbocycles. The van der Waals surface area contributed by atoms with Gasteiger partial charge in [-0.15, -0.1) is 0 Å². The van der Waals surface area contributed by atoms with E-state index in [0.29, 0.717) is 6.54 Å². The van der Waals surface area contributed by atoms with Gasteiger partial charge in [-0.05, 0) is 17.7 Å². The Labute approximate surface area is 89.6 Å². The minimum absolute atomic E-state index is 0.208. The van der Waals surface area contributed by atoms with Gasteiger partial charge in [-0.2, -0.15) is 0 Å². The Hall–Kier alpha value is -1.58. The number of guanidine groups is 1. The molecule has 15 heavy (non-hydrogen) atoms. The van der Waals surface area contributed by atoms with Crippen LogP contribution in [0.5, 0.6) is 0 Å². The molecular formula is C11H16FN3. The van der Waals surface area contributed by atoms with E-state index in [2.05, 4.69) is 10.3 Å². The molecule has 0 amide bonds. The fourth-order valence-corrected chi connectivity index (χ4v) is 1.46. The summed E-state index contributed by atoms with van der Waals surface area (Å²) in [4.78, 5) is 5.99. The van der Waals surface area contributed by atoms with Crippen LogP contribution < -0.4 is 5.32 Å². The van der Waals surface area contributed by atoms with Gasteiger partial charge in [0.2, 0.25) is 0 Å². The van der Waals surface area contributed by atoms with Crippen molar-refractivity contribution in [1.82, 2.24) is 10.2 Å². The molecule has 1 aromatic carbocycles. The molecule has 0 bridgehead atoms. The monoisotopic (exact) mass is 209 g/mol. The molecule has 1 rings (SSSR count). The van der Waals surface area contributed by atoms with Gasteiger partial charge in [0.15, 0.2) is 5.96 Å². The maximum absolute atomic E-state index is 12.9. The molecular weight excluding hydrogens is 193 g/mol. The zero-order valence-corrected chi connectivity index (χ0v) is 9.29. The summed E-state index contributed by atoms with van der Waals surface area (Å²) in [6.45, 7) is 0.630. The summed E-state index contributed by atoms with van der Waals surface area (Å²) in [6.07, 6.45) is 0. The number of benzene rings is 1. The molecule has 0 unspecified atom stereocenters. The SMILES string of the molecule is CN=C(NC)N(C)Cc1cccc(F)c1. The second kappa shape index (κ2) is 5.34. The number of hydrogen-bond donors (Lipinski definition) is 1. The third-order valence-electron chi connectivity index (χ3n) is 2.11. The normalized spacial score (nSPS) is 11.3. The molecule has 1 aromatic rings. The molecule has 0 spiro atoms. The highest BCUT2D eigenvalue weighted by Gasteiger charge is 2.04. The van der Waals surface area contributed by atoms with Crippen LogP contribution in [0, 0.1) is 5.82 Å². The van der Waals surface area contributed by atoms with Gasteiger partial charge in [0.05, 0.1) is 0 Å². The Morgan fingerprint density at radius 2 is 2.27 bits per heavy atom. The van der Waals surface area contributed by atoms with Crippen LogP contribution >= 0.6 is 0 Å². The van der Waals surface area contributed by atoms with Crippen molar-refractivity contribution in [3.63, 3.8) is 0 Å². The van der Waals surface area contributed by atoms with Gasteiger partial charge in [-0.25, -0.2) is 4.39 Å². The number of nitrogens with zero attached hydrogens (tertiary/aromatic N) is 2. The highest BCUT2D eigenvalue weighted by atomic mass is 19.1. The Morgan fingerprint density at radius 3 is 2.80 bits per heavy atom. The predicted octanol–water partition coefficient (Wildman–Crippen LogP) is 1.46. The molecule has 0 atom stereocenters. The topological polar surface area (TPSA) is 27.6 Å². The van der Waals surface area contributed by atoms with Crippen molar-refractivity contribution in [2.75, 3.05) is 21.1 Å². The molecule has 82 valence electrons. The van der Waals surface area contributed by atoms with E-state index in [1.54, 1.807) is 13.1 Å². The average Bonchev–Trinajstić information content (AvgIpc) is 2.19. The molecule has 0 aromatic heterocycles. The van der Waals surface area contributed by atoms with Gasteiger partial charge in [-0.1, -0.05) is 12.1 Å². The van der Waals surface area contributed by atoms with Crippen molar-refractivity contribution in [2.45, 2.75) is 6.54 Å². The molecule has 0 aliphatic heterocycles. The van der Waals surface area contributed by atoms with Gasteiger partial charge >= 0.3 is 0 Å². The molecule has 3 nitrogen and oxygen atoms in total. The maximum Gasteiger partial charge on any atom is 0.193 e. The molecule has 4 heteroatoms. The highest BCUT2D eigenvalue weighted by molar-refractivity contribution is 5.79. The van der Waals surface area contributed by atoms with Gasteiger partial charge in [0.1, 0.15) is 5.82 Å². The summed E-state index contributed by atoms with van der Waals surface area (Å²) in [7, 11) is 5.43. The molecule has 1 N–H and O–H groups in total. The smallest absolute Gasteiger partial charge is 0.193 e. The zero-order valence-electron chi connectivity index (χ0n) is 9.29. The molecule has 0 aliphatic rings. The van der Waals surface area contributed by atoms with Gasteiger partial charge in [0, 0.05) is 27.7 Å². The number of nitrogens with one attached hydrogen (secondary N) is 1. The van der Waals surface area contributed by atoms with Crippen molar-refractivity contribution >= 4 is 5.96 Å². The molecule has 0 saturated heterocycles. The highest BCUT2D eigenvalue weighted by Crippen LogP contribution is 2.06. The lowest BCUT2D eigenvalue weighted by Gasteiger charge is -2.20. The van der Waals surface area contributed by atoms with Crippen molar-refractivity contribution in [1.29, 1.82) is 0 Å². The van der Waals surface area contributed by atoms with Crippen LogP contribution in [0.3, 0.4) is 0 Å². The van der Waals surface area contributed by atoms with Crippen molar-refractivity contribution in [3.05, 3.63) is 35.6 Å². The van der Waals surface area contributed by atoms with E-state index in [0.717, 1.165) is 11.5 Å². The fraction of sp³-hybridized carbons (Fsp3) is 0.364. The maximum atomic E-state index is 12.9. The van der Waals surface area contributed by atoms with Crippen LogP contribution in [0.25, 0.3) is 0 Å². The first-order valence-electron chi connectivity index (χ1n) is 4.77. The predicted molar refractivity (Wildman–Crippen MR) is 60.3 cm³/mol. The van der Waals surface area contributed by atoms with E-state index in [-0.39, 0.29) is 5.82 Å². The summed E-state index contributed by atoms with van der Waals surface area (Å²) in [6, 6.07) is 6.57. The zero-order chi connectivity index (χ0) is 11.3. The first kappa shape index (κ1) is 11.5. The number of hydrogen-bond acceptors (Lipinski definition) is 1. The average molecular weight is 209 g/mol. The minimum Gasteiger partial charge on any atom is -0.359 e. The Morgan fingerprint density at radius 1 is 1.53 bits per heavy atom. The number of halogens is 1. The summed E-state index contributed by atoms with van der Waals surface area (Å²) >= 11 is 0. The lowest BCUT2D eigenvalue weighted by Crippen LogP contribution is -2.36. The van der Waals surface area contributed by atoms with Gasteiger partial charge < -0.3 is 10.2 Å². The minimum atomic E-state index is -0.208. The molecule has 0 fully saturated rings. The first-order valence-corrected chi connectivity index (χ1v) is 4.77. The number of aliphatic imine (C=N–C) groups is 1. The quantitative estimate of drug-likeness (QED) is 0.590. The van der Waals surface area contributed by atoms with Crippen LogP contribution in [0.2, 0.25) is 0 Å².